The van der Waals surface area contributed by atoms with Gasteiger partial charge in [0, 0.05) is 35.4 Å². The van der Waals surface area contributed by atoms with Crippen LogP contribution in [0.1, 0.15) is 6.42 Å². The van der Waals surface area contributed by atoms with Crippen LogP contribution < -0.4 is 10.1 Å². The molecule has 0 fully saturated rings. The maximum atomic E-state index is 5.14. The van der Waals surface area contributed by atoms with E-state index in [9.17, 15) is 0 Å². The molecule has 1 N–H and O–H groups in total. The molecular formula is C20H24N4O. The molecule has 3 aromatic rings. The van der Waals surface area contributed by atoms with Crippen LogP contribution in [0.3, 0.4) is 0 Å². The lowest BCUT2D eigenvalue weighted by molar-refractivity contribution is 0.398. The third-order valence-electron chi connectivity index (χ3n) is 4.05. The van der Waals surface area contributed by atoms with Gasteiger partial charge in [-0.2, -0.15) is 0 Å². The maximum Gasteiger partial charge on any atom is 0.212 e. The van der Waals surface area contributed by atoms with Gasteiger partial charge < -0.3 is 15.0 Å². The van der Waals surface area contributed by atoms with Gasteiger partial charge >= 0.3 is 0 Å². The molecule has 25 heavy (non-hydrogen) atoms. The minimum absolute atomic E-state index is 0.603. The standard InChI is InChI=1S/C20H24N4O/c1-24(2)12-6-11-21-19-13-18(15-9-10-20(25-3)22-14-15)23-17-8-5-4-7-16(17)19/h4-5,7-10,13-14H,6,11-12H2,1-3H3,(H,21,23). The molecule has 0 aliphatic carbocycles. The van der Waals surface area contributed by atoms with Crippen molar-refractivity contribution in [1.29, 1.82) is 0 Å². The summed E-state index contributed by atoms with van der Waals surface area (Å²) in [6, 6.07) is 14.1. The Balaban J connectivity index is 1.91. The summed E-state index contributed by atoms with van der Waals surface area (Å²) < 4.78 is 5.14. The van der Waals surface area contributed by atoms with Crippen molar-refractivity contribution in [2.24, 2.45) is 0 Å². The molecule has 0 unspecified atom stereocenters. The highest BCUT2D eigenvalue weighted by Gasteiger charge is 2.08. The summed E-state index contributed by atoms with van der Waals surface area (Å²) >= 11 is 0. The number of fused-ring (bicyclic) bond motifs is 1. The highest BCUT2D eigenvalue weighted by molar-refractivity contribution is 5.93. The Labute approximate surface area is 148 Å². The van der Waals surface area contributed by atoms with Crippen molar-refractivity contribution < 1.29 is 4.74 Å². The molecule has 0 aliphatic rings. The Morgan fingerprint density at radius 2 is 1.96 bits per heavy atom. The molecule has 0 radical (unpaired) electrons. The van der Waals surface area contributed by atoms with E-state index in [1.807, 2.05) is 30.3 Å². The van der Waals surface area contributed by atoms with E-state index in [0.717, 1.165) is 47.4 Å². The first kappa shape index (κ1) is 17.2. The number of para-hydroxylation sites is 1. The SMILES string of the molecule is COc1ccc(-c2cc(NCCCN(C)C)c3ccccc3n2)cn1. The Kier molecular flexibility index (Phi) is 5.46. The van der Waals surface area contributed by atoms with Gasteiger partial charge in [0.25, 0.3) is 0 Å². The molecule has 1 aromatic carbocycles. The summed E-state index contributed by atoms with van der Waals surface area (Å²) in [5.41, 5.74) is 3.97. The Bertz CT molecular complexity index is 831. The van der Waals surface area contributed by atoms with Gasteiger partial charge in [0.15, 0.2) is 0 Å². The number of nitrogens with one attached hydrogen (secondary N) is 1. The smallest absolute Gasteiger partial charge is 0.212 e. The lowest BCUT2D eigenvalue weighted by Crippen LogP contribution is -2.16. The monoisotopic (exact) mass is 336 g/mol. The largest absolute Gasteiger partial charge is 0.481 e. The van der Waals surface area contributed by atoms with Crippen molar-refractivity contribution in [3.05, 3.63) is 48.7 Å². The van der Waals surface area contributed by atoms with E-state index in [0.29, 0.717) is 5.88 Å². The first-order valence-electron chi connectivity index (χ1n) is 8.46. The average molecular weight is 336 g/mol. The summed E-state index contributed by atoms with van der Waals surface area (Å²) in [6.45, 7) is 1.98. The van der Waals surface area contributed by atoms with Crippen molar-refractivity contribution in [3.63, 3.8) is 0 Å². The molecule has 0 saturated heterocycles. The first-order valence-corrected chi connectivity index (χ1v) is 8.46. The molecular weight excluding hydrogens is 312 g/mol. The molecule has 0 spiro atoms. The van der Waals surface area contributed by atoms with Gasteiger partial charge in [-0.1, -0.05) is 18.2 Å². The molecule has 0 aliphatic heterocycles. The number of nitrogens with zero attached hydrogens (tertiary/aromatic N) is 3. The number of aromatic nitrogens is 2. The fraction of sp³-hybridized carbons (Fsp3) is 0.300. The van der Waals surface area contributed by atoms with E-state index < -0.39 is 0 Å². The fourth-order valence-electron chi connectivity index (χ4n) is 2.74. The van der Waals surface area contributed by atoms with Crippen molar-refractivity contribution in [2.45, 2.75) is 6.42 Å². The summed E-state index contributed by atoms with van der Waals surface area (Å²) in [5, 5.41) is 4.70. The van der Waals surface area contributed by atoms with E-state index >= 15 is 0 Å². The second-order valence-corrected chi connectivity index (χ2v) is 6.25. The molecule has 0 saturated carbocycles. The fourth-order valence-corrected chi connectivity index (χ4v) is 2.74. The van der Waals surface area contributed by atoms with Crippen molar-refractivity contribution in [1.82, 2.24) is 14.9 Å². The van der Waals surface area contributed by atoms with Crippen LogP contribution in [0.25, 0.3) is 22.2 Å². The third kappa shape index (κ3) is 4.25. The molecule has 2 heterocycles. The Morgan fingerprint density at radius 1 is 1.12 bits per heavy atom. The summed E-state index contributed by atoms with van der Waals surface area (Å²) in [6.07, 6.45) is 2.88. The minimum atomic E-state index is 0.603. The van der Waals surface area contributed by atoms with Gasteiger partial charge in [-0.3, -0.25) is 0 Å². The van der Waals surface area contributed by atoms with Crippen LogP contribution in [-0.2, 0) is 0 Å². The van der Waals surface area contributed by atoms with E-state index in [-0.39, 0.29) is 0 Å². The minimum Gasteiger partial charge on any atom is -0.481 e. The van der Waals surface area contributed by atoms with Crippen LogP contribution in [0.2, 0.25) is 0 Å². The van der Waals surface area contributed by atoms with Gasteiger partial charge in [0.1, 0.15) is 0 Å². The van der Waals surface area contributed by atoms with Crippen LogP contribution in [0.5, 0.6) is 5.88 Å². The predicted octanol–water partition coefficient (Wildman–Crippen LogP) is 3.67. The van der Waals surface area contributed by atoms with Crippen LogP contribution in [-0.4, -0.2) is 49.2 Å². The topological polar surface area (TPSA) is 50.3 Å². The second-order valence-electron chi connectivity index (χ2n) is 6.25. The molecule has 3 rings (SSSR count). The lowest BCUT2D eigenvalue weighted by atomic mass is 10.1. The number of hydrogen-bond acceptors (Lipinski definition) is 5. The zero-order chi connectivity index (χ0) is 17.6. The third-order valence-corrected chi connectivity index (χ3v) is 4.05. The predicted molar refractivity (Wildman–Crippen MR) is 103 cm³/mol. The molecule has 0 bridgehead atoms. The molecule has 2 aromatic heterocycles. The number of methoxy groups -OCH3 is 1. The summed E-state index contributed by atoms with van der Waals surface area (Å²) in [5.74, 6) is 0.603. The quantitative estimate of drug-likeness (QED) is 0.667. The van der Waals surface area contributed by atoms with Crippen molar-refractivity contribution in [2.75, 3.05) is 39.6 Å². The van der Waals surface area contributed by atoms with E-state index in [2.05, 4.69) is 41.4 Å². The normalized spacial score (nSPS) is 11.0. The summed E-state index contributed by atoms with van der Waals surface area (Å²) in [4.78, 5) is 11.3. The number of rotatable bonds is 7. The van der Waals surface area contributed by atoms with Crippen molar-refractivity contribution >= 4 is 16.6 Å². The van der Waals surface area contributed by atoms with Crippen LogP contribution in [0.4, 0.5) is 5.69 Å². The van der Waals surface area contributed by atoms with Crippen molar-refractivity contribution in [3.8, 4) is 17.1 Å². The Morgan fingerprint density at radius 3 is 2.68 bits per heavy atom. The number of anilines is 1. The van der Waals surface area contributed by atoms with Crippen LogP contribution >= 0.6 is 0 Å². The molecule has 0 amide bonds. The molecule has 5 heteroatoms. The maximum absolute atomic E-state index is 5.14. The van der Waals surface area contributed by atoms with Gasteiger partial charge in [-0.25, -0.2) is 9.97 Å². The van der Waals surface area contributed by atoms with Gasteiger partial charge in [-0.05, 0) is 45.3 Å². The highest BCUT2D eigenvalue weighted by atomic mass is 16.5. The molecule has 130 valence electrons. The van der Waals surface area contributed by atoms with Gasteiger partial charge in [0.2, 0.25) is 5.88 Å². The first-order chi connectivity index (χ1) is 12.2. The van der Waals surface area contributed by atoms with E-state index in [4.69, 9.17) is 9.72 Å². The average Bonchev–Trinajstić information content (AvgIpc) is 2.65. The highest BCUT2D eigenvalue weighted by Crippen LogP contribution is 2.28. The molecule has 5 nitrogen and oxygen atoms in total. The number of ether oxygens (including phenoxy) is 1. The van der Waals surface area contributed by atoms with E-state index in [1.54, 1.807) is 13.3 Å². The number of benzene rings is 1. The number of pyridine rings is 2. The zero-order valence-corrected chi connectivity index (χ0v) is 15.0. The van der Waals surface area contributed by atoms with Crippen LogP contribution in [0, 0.1) is 0 Å². The zero-order valence-electron chi connectivity index (χ0n) is 15.0. The lowest BCUT2D eigenvalue weighted by Gasteiger charge is -2.14. The Hall–Kier alpha value is -2.66. The second kappa shape index (κ2) is 7.94. The van der Waals surface area contributed by atoms with Crippen LogP contribution in [0.15, 0.2) is 48.7 Å². The molecule has 0 atom stereocenters. The summed E-state index contributed by atoms with van der Waals surface area (Å²) in [7, 11) is 5.80. The number of hydrogen-bond donors (Lipinski definition) is 1. The van der Waals surface area contributed by atoms with Gasteiger partial charge in [0.05, 0.1) is 18.3 Å². The van der Waals surface area contributed by atoms with Gasteiger partial charge in [-0.15, -0.1) is 0 Å². The van der Waals surface area contributed by atoms with E-state index in [1.165, 1.54) is 0 Å².